The van der Waals surface area contributed by atoms with E-state index in [2.05, 4.69) is 9.47 Å². The van der Waals surface area contributed by atoms with Gasteiger partial charge in [-0.1, -0.05) is 0 Å². The Morgan fingerprint density at radius 3 is 2.20 bits per heavy atom. The van der Waals surface area contributed by atoms with Gasteiger partial charge in [-0.25, -0.2) is 0 Å². The van der Waals surface area contributed by atoms with Crippen molar-refractivity contribution in [3.8, 4) is 5.75 Å². The van der Waals surface area contributed by atoms with E-state index in [0.29, 0.717) is 0 Å². The molecule has 0 saturated heterocycles. The predicted octanol–water partition coefficient (Wildman–Crippen LogP) is 1.83. The monoisotopic (exact) mass is 291 g/mol. The minimum absolute atomic E-state index is 0.130. The first-order valence-corrected chi connectivity index (χ1v) is 5.41. The molecule has 1 amide bonds. The smallest absolute Gasteiger partial charge is 0.468 e. The van der Waals surface area contributed by atoms with E-state index < -0.39 is 24.0 Å². The van der Waals surface area contributed by atoms with Gasteiger partial charge in [0, 0.05) is 12.6 Å². The van der Waals surface area contributed by atoms with Gasteiger partial charge in [-0.05, 0) is 24.3 Å². The number of nitrogens with zero attached hydrogens (tertiary/aromatic N) is 1. The van der Waals surface area contributed by atoms with Crippen LogP contribution in [0.1, 0.15) is 10.4 Å². The first-order valence-electron chi connectivity index (χ1n) is 5.41. The summed E-state index contributed by atoms with van der Waals surface area (Å²) in [4.78, 5) is 23.9. The largest absolute Gasteiger partial charge is 0.573 e. The number of ether oxygens (including phenoxy) is 2. The second-order valence-corrected chi connectivity index (χ2v) is 3.81. The van der Waals surface area contributed by atoms with Crippen molar-refractivity contribution in [3.63, 3.8) is 0 Å². The number of hydrogen-bond acceptors (Lipinski definition) is 4. The minimum Gasteiger partial charge on any atom is -0.468 e. The van der Waals surface area contributed by atoms with Crippen LogP contribution in [0.4, 0.5) is 13.2 Å². The molecule has 110 valence electrons. The number of carbonyl (C=O) groups excluding carboxylic acids is 2. The molecule has 1 rings (SSSR count). The van der Waals surface area contributed by atoms with Gasteiger partial charge in [0.05, 0.1) is 7.11 Å². The third-order valence-corrected chi connectivity index (χ3v) is 2.28. The third kappa shape index (κ3) is 4.79. The van der Waals surface area contributed by atoms with E-state index in [9.17, 15) is 22.8 Å². The molecule has 0 bridgehead atoms. The van der Waals surface area contributed by atoms with Crippen LogP contribution in [-0.2, 0) is 9.53 Å². The summed E-state index contributed by atoms with van der Waals surface area (Å²) >= 11 is 0. The van der Waals surface area contributed by atoms with E-state index in [4.69, 9.17) is 0 Å². The molecule has 0 aliphatic carbocycles. The Balaban J connectivity index is 2.73. The molecule has 0 fully saturated rings. The highest BCUT2D eigenvalue weighted by molar-refractivity contribution is 5.95. The summed E-state index contributed by atoms with van der Waals surface area (Å²) in [5.74, 6) is -1.54. The third-order valence-electron chi connectivity index (χ3n) is 2.28. The van der Waals surface area contributed by atoms with E-state index in [-0.39, 0.29) is 12.1 Å². The lowest BCUT2D eigenvalue weighted by molar-refractivity contribution is -0.274. The molecular formula is C12H12F3NO4. The van der Waals surface area contributed by atoms with E-state index in [1.165, 1.54) is 26.3 Å². The summed E-state index contributed by atoms with van der Waals surface area (Å²) in [6.45, 7) is -0.254. The van der Waals surface area contributed by atoms with Crippen molar-refractivity contribution in [1.82, 2.24) is 4.90 Å². The highest BCUT2D eigenvalue weighted by atomic mass is 19.4. The van der Waals surface area contributed by atoms with Crippen LogP contribution in [-0.4, -0.2) is 43.8 Å². The van der Waals surface area contributed by atoms with Crippen LogP contribution in [0.25, 0.3) is 0 Å². The molecule has 0 unspecified atom stereocenters. The Morgan fingerprint density at radius 2 is 1.75 bits per heavy atom. The van der Waals surface area contributed by atoms with Gasteiger partial charge in [0.1, 0.15) is 12.3 Å². The van der Waals surface area contributed by atoms with E-state index in [0.717, 1.165) is 17.0 Å². The predicted molar refractivity (Wildman–Crippen MR) is 62.1 cm³/mol. The van der Waals surface area contributed by atoms with Crippen molar-refractivity contribution in [2.24, 2.45) is 0 Å². The number of methoxy groups -OCH3 is 1. The summed E-state index contributed by atoms with van der Waals surface area (Å²) in [6, 6.07) is 4.40. The summed E-state index contributed by atoms with van der Waals surface area (Å²) in [5, 5.41) is 0. The van der Waals surface area contributed by atoms with Crippen molar-refractivity contribution in [2.75, 3.05) is 20.7 Å². The summed E-state index contributed by atoms with van der Waals surface area (Å²) in [6.07, 6.45) is -4.78. The average molecular weight is 291 g/mol. The van der Waals surface area contributed by atoms with Gasteiger partial charge in [-0.2, -0.15) is 0 Å². The average Bonchev–Trinajstić information content (AvgIpc) is 2.36. The Morgan fingerprint density at radius 1 is 1.20 bits per heavy atom. The molecule has 0 saturated carbocycles. The molecule has 0 heterocycles. The normalized spacial score (nSPS) is 10.8. The molecule has 20 heavy (non-hydrogen) atoms. The number of halogens is 3. The molecule has 0 N–H and O–H groups in total. The molecule has 0 atom stereocenters. The molecule has 8 heteroatoms. The second-order valence-electron chi connectivity index (χ2n) is 3.81. The Kier molecular flexibility index (Phi) is 4.95. The number of carbonyl (C=O) groups is 2. The topological polar surface area (TPSA) is 55.8 Å². The van der Waals surface area contributed by atoms with Gasteiger partial charge in [0.2, 0.25) is 0 Å². The standard InChI is InChI=1S/C12H12F3NO4/c1-16(7-10(17)19-2)11(18)8-3-5-9(6-4-8)20-12(13,14)15/h3-6H,7H2,1-2H3. The van der Waals surface area contributed by atoms with Crippen LogP contribution in [0.5, 0.6) is 5.75 Å². The van der Waals surface area contributed by atoms with Gasteiger partial charge < -0.3 is 14.4 Å². The zero-order chi connectivity index (χ0) is 15.3. The Hall–Kier alpha value is -2.25. The van der Waals surface area contributed by atoms with Crippen LogP contribution in [0.3, 0.4) is 0 Å². The lowest BCUT2D eigenvalue weighted by atomic mass is 10.2. The number of likely N-dealkylation sites (N-methyl/N-ethyl adjacent to an activating group) is 1. The van der Waals surface area contributed by atoms with Crippen molar-refractivity contribution < 1.29 is 32.2 Å². The summed E-state index contributed by atoms with van der Waals surface area (Å²) in [5.41, 5.74) is 0.130. The highest BCUT2D eigenvalue weighted by Crippen LogP contribution is 2.22. The molecule has 0 spiro atoms. The van der Waals surface area contributed by atoms with Crippen LogP contribution in [0, 0.1) is 0 Å². The van der Waals surface area contributed by atoms with Crippen molar-refractivity contribution in [1.29, 1.82) is 0 Å². The maximum Gasteiger partial charge on any atom is 0.573 e. The molecule has 0 aliphatic rings. The molecule has 0 aliphatic heterocycles. The molecule has 0 aromatic heterocycles. The zero-order valence-electron chi connectivity index (χ0n) is 10.7. The van der Waals surface area contributed by atoms with Crippen molar-refractivity contribution in [3.05, 3.63) is 29.8 Å². The minimum atomic E-state index is -4.78. The van der Waals surface area contributed by atoms with Gasteiger partial charge in [0.25, 0.3) is 5.91 Å². The quantitative estimate of drug-likeness (QED) is 0.794. The van der Waals surface area contributed by atoms with Gasteiger partial charge in [-0.15, -0.1) is 13.2 Å². The van der Waals surface area contributed by atoms with Crippen LogP contribution >= 0.6 is 0 Å². The van der Waals surface area contributed by atoms with Crippen molar-refractivity contribution >= 4 is 11.9 Å². The Labute approximate surface area is 112 Å². The van der Waals surface area contributed by atoms with Gasteiger partial charge >= 0.3 is 12.3 Å². The maximum absolute atomic E-state index is 12.0. The fourth-order valence-electron chi connectivity index (χ4n) is 1.35. The summed E-state index contributed by atoms with van der Waals surface area (Å²) in [7, 11) is 2.56. The zero-order valence-corrected chi connectivity index (χ0v) is 10.7. The van der Waals surface area contributed by atoms with Crippen LogP contribution < -0.4 is 4.74 Å². The fourth-order valence-corrected chi connectivity index (χ4v) is 1.35. The molecule has 0 radical (unpaired) electrons. The van der Waals surface area contributed by atoms with E-state index >= 15 is 0 Å². The van der Waals surface area contributed by atoms with Gasteiger partial charge in [-0.3, -0.25) is 9.59 Å². The van der Waals surface area contributed by atoms with E-state index in [1.807, 2.05) is 0 Å². The number of esters is 1. The number of amides is 1. The van der Waals surface area contributed by atoms with Crippen LogP contribution in [0.2, 0.25) is 0 Å². The second kappa shape index (κ2) is 6.27. The maximum atomic E-state index is 12.0. The lowest BCUT2D eigenvalue weighted by Gasteiger charge is -2.16. The Bertz CT molecular complexity index is 484. The number of alkyl halides is 3. The van der Waals surface area contributed by atoms with Crippen molar-refractivity contribution in [2.45, 2.75) is 6.36 Å². The van der Waals surface area contributed by atoms with Gasteiger partial charge in [0.15, 0.2) is 0 Å². The van der Waals surface area contributed by atoms with Crippen LogP contribution in [0.15, 0.2) is 24.3 Å². The lowest BCUT2D eigenvalue weighted by Crippen LogP contribution is -2.32. The molecular weight excluding hydrogens is 279 g/mol. The number of hydrogen-bond donors (Lipinski definition) is 0. The first-order chi connectivity index (χ1) is 9.23. The van der Waals surface area contributed by atoms with E-state index in [1.54, 1.807) is 0 Å². The highest BCUT2D eigenvalue weighted by Gasteiger charge is 2.31. The number of benzene rings is 1. The first kappa shape index (κ1) is 15.8. The molecule has 1 aromatic carbocycles. The molecule has 1 aromatic rings. The SMILES string of the molecule is COC(=O)CN(C)C(=O)c1ccc(OC(F)(F)F)cc1. The summed E-state index contributed by atoms with van der Waals surface area (Å²) < 4.78 is 44.0. The fraction of sp³-hybridized carbons (Fsp3) is 0.333. The number of rotatable bonds is 4. The molecule has 5 nitrogen and oxygen atoms in total.